The summed E-state index contributed by atoms with van der Waals surface area (Å²) >= 11 is 0. The molecule has 27 heavy (non-hydrogen) atoms. The molecule has 1 saturated carbocycles. The van der Waals surface area contributed by atoms with Crippen molar-refractivity contribution in [3.05, 3.63) is 47.5 Å². The van der Waals surface area contributed by atoms with E-state index in [-0.39, 0.29) is 24.5 Å². The van der Waals surface area contributed by atoms with Gasteiger partial charge in [0.05, 0.1) is 0 Å². The van der Waals surface area contributed by atoms with Gasteiger partial charge in [-0.3, -0.25) is 9.59 Å². The fourth-order valence-corrected chi connectivity index (χ4v) is 3.70. The third-order valence-corrected chi connectivity index (χ3v) is 5.28. The fourth-order valence-electron chi connectivity index (χ4n) is 3.70. The van der Waals surface area contributed by atoms with Crippen LogP contribution >= 0.6 is 0 Å². The molecule has 6 nitrogen and oxygen atoms in total. The minimum atomic E-state index is -0.199. The predicted octanol–water partition coefficient (Wildman–Crippen LogP) is 3.36. The Kier molecular flexibility index (Phi) is 3.77. The van der Waals surface area contributed by atoms with Crippen molar-refractivity contribution in [3.63, 3.8) is 0 Å². The summed E-state index contributed by atoms with van der Waals surface area (Å²) in [6.45, 7) is 0.965. The average Bonchev–Trinajstić information content (AvgIpc) is 3.43. The van der Waals surface area contributed by atoms with Gasteiger partial charge in [0.2, 0.25) is 12.7 Å². The first-order valence-electron chi connectivity index (χ1n) is 9.34. The number of benzene rings is 2. The summed E-state index contributed by atoms with van der Waals surface area (Å²) in [6.07, 6.45) is 3.88. The van der Waals surface area contributed by atoms with Crippen molar-refractivity contribution in [2.75, 3.05) is 23.6 Å². The number of anilines is 2. The van der Waals surface area contributed by atoms with Crippen LogP contribution in [0.5, 0.6) is 11.5 Å². The lowest BCUT2D eigenvalue weighted by Gasteiger charge is -2.30. The van der Waals surface area contributed by atoms with E-state index in [2.05, 4.69) is 5.32 Å². The Bertz CT molecular complexity index is 936. The SMILES string of the molecule is O=C(Nc1ccc2c(c1)CCCN2C(=O)C1CC1)c1ccc2c(c1)OCO2. The van der Waals surface area contributed by atoms with Gasteiger partial charge in [0.1, 0.15) is 0 Å². The molecule has 2 amide bonds. The van der Waals surface area contributed by atoms with Crippen LogP contribution < -0.4 is 19.7 Å². The molecular weight excluding hydrogens is 344 g/mol. The number of carbonyl (C=O) groups excluding carboxylic acids is 2. The third-order valence-electron chi connectivity index (χ3n) is 5.28. The van der Waals surface area contributed by atoms with Gasteiger partial charge in [-0.2, -0.15) is 0 Å². The van der Waals surface area contributed by atoms with Crippen LogP contribution in [0.1, 0.15) is 35.2 Å². The quantitative estimate of drug-likeness (QED) is 0.907. The van der Waals surface area contributed by atoms with E-state index in [4.69, 9.17) is 9.47 Å². The maximum atomic E-state index is 12.6. The van der Waals surface area contributed by atoms with Crippen LogP contribution in [0.15, 0.2) is 36.4 Å². The Hall–Kier alpha value is -3.02. The summed E-state index contributed by atoms with van der Waals surface area (Å²) in [7, 11) is 0. The fraction of sp³-hybridized carbons (Fsp3) is 0.333. The Morgan fingerprint density at radius 1 is 1.04 bits per heavy atom. The van der Waals surface area contributed by atoms with E-state index < -0.39 is 0 Å². The van der Waals surface area contributed by atoms with Crippen LogP contribution in [0.4, 0.5) is 11.4 Å². The molecule has 2 aromatic carbocycles. The summed E-state index contributed by atoms with van der Waals surface area (Å²) < 4.78 is 10.6. The largest absolute Gasteiger partial charge is 0.454 e. The lowest BCUT2D eigenvalue weighted by Crippen LogP contribution is -2.36. The highest BCUT2D eigenvalue weighted by Crippen LogP contribution is 2.37. The number of carbonyl (C=O) groups is 2. The van der Waals surface area contributed by atoms with Crippen LogP contribution in [0.25, 0.3) is 0 Å². The minimum Gasteiger partial charge on any atom is -0.454 e. The van der Waals surface area contributed by atoms with Crippen LogP contribution in [-0.2, 0) is 11.2 Å². The number of hydrogen-bond acceptors (Lipinski definition) is 4. The molecule has 1 N–H and O–H groups in total. The van der Waals surface area contributed by atoms with Crippen molar-refractivity contribution in [3.8, 4) is 11.5 Å². The molecular formula is C21H20N2O4. The van der Waals surface area contributed by atoms with E-state index in [9.17, 15) is 9.59 Å². The molecule has 3 aliphatic rings. The zero-order valence-corrected chi connectivity index (χ0v) is 14.9. The van der Waals surface area contributed by atoms with E-state index in [0.29, 0.717) is 17.1 Å². The van der Waals surface area contributed by atoms with Crippen molar-refractivity contribution in [2.24, 2.45) is 5.92 Å². The van der Waals surface area contributed by atoms with Gasteiger partial charge in [-0.15, -0.1) is 0 Å². The second kappa shape index (κ2) is 6.30. The van der Waals surface area contributed by atoms with Gasteiger partial charge >= 0.3 is 0 Å². The summed E-state index contributed by atoms with van der Waals surface area (Å²) in [4.78, 5) is 27.0. The molecule has 2 aliphatic heterocycles. The monoisotopic (exact) mass is 364 g/mol. The maximum Gasteiger partial charge on any atom is 0.255 e. The molecule has 5 rings (SSSR count). The number of nitrogens with zero attached hydrogens (tertiary/aromatic N) is 1. The van der Waals surface area contributed by atoms with Crippen LogP contribution in [0.2, 0.25) is 0 Å². The van der Waals surface area contributed by atoms with Gasteiger partial charge in [-0.25, -0.2) is 0 Å². The van der Waals surface area contributed by atoms with Crippen molar-refractivity contribution in [2.45, 2.75) is 25.7 Å². The first-order valence-corrected chi connectivity index (χ1v) is 9.34. The molecule has 0 unspecified atom stereocenters. The van der Waals surface area contributed by atoms with Gasteiger partial charge < -0.3 is 19.7 Å². The van der Waals surface area contributed by atoms with Crippen molar-refractivity contribution >= 4 is 23.2 Å². The van der Waals surface area contributed by atoms with Crippen LogP contribution in [0, 0.1) is 5.92 Å². The molecule has 2 heterocycles. The first-order chi connectivity index (χ1) is 13.2. The second-order valence-electron chi connectivity index (χ2n) is 7.23. The Labute approximate surface area is 157 Å². The highest BCUT2D eigenvalue weighted by Gasteiger charge is 2.35. The molecule has 0 atom stereocenters. The summed E-state index contributed by atoms with van der Waals surface area (Å²) in [5.74, 6) is 1.49. The van der Waals surface area contributed by atoms with Crippen molar-refractivity contribution in [1.82, 2.24) is 0 Å². The standard InChI is InChI=1S/C21H20N2O4/c24-20(15-5-8-18-19(11-15)27-12-26-18)22-16-6-7-17-14(10-16)2-1-9-23(17)21(25)13-3-4-13/h5-8,10-11,13H,1-4,9,12H2,(H,22,24). The number of nitrogens with one attached hydrogen (secondary N) is 1. The molecule has 1 aliphatic carbocycles. The highest BCUT2D eigenvalue weighted by atomic mass is 16.7. The number of hydrogen-bond donors (Lipinski definition) is 1. The Balaban J connectivity index is 1.35. The van der Waals surface area contributed by atoms with E-state index in [1.165, 1.54) is 0 Å². The molecule has 0 saturated heterocycles. The zero-order chi connectivity index (χ0) is 18.4. The molecule has 6 heteroatoms. The number of amides is 2. The van der Waals surface area contributed by atoms with E-state index in [1.807, 2.05) is 23.1 Å². The number of aryl methyl sites for hydroxylation is 1. The molecule has 0 aromatic heterocycles. The number of fused-ring (bicyclic) bond motifs is 2. The lowest BCUT2D eigenvalue weighted by atomic mass is 10.00. The van der Waals surface area contributed by atoms with E-state index >= 15 is 0 Å². The van der Waals surface area contributed by atoms with Gasteiger partial charge in [0.25, 0.3) is 5.91 Å². The van der Waals surface area contributed by atoms with Crippen molar-refractivity contribution in [1.29, 1.82) is 0 Å². The predicted molar refractivity (Wildman–Crippen MR) is 100 cm³/mol. The van der Waals surface area contributed by atoms with Crippen LogP contribution in [0.3, 0.4) is 0 Å². The van der Waals surface area contributed by atoms with Gasteiger partial charge in [0.15, 0.2) is 11.5 Å². The van der Waals surface area contributed by atoms with Gasteiger partial charge in [-0.1, -0.05) is 0 Å². The van der Waals surface area contributed by atoms with E-state index in [1.54, 1.807) is 18.2 Å². The molecule has 1 fully saturated rings. The summed E-state index contributed by atoms with van der Waals surface area (Å²) in [5, 5.41) is 2.94. The first kappa shape index (κ1) is 16.2. The molecule has 2 aromatic rings. The smallest absolute Gasteiger partial charge is 0.255 e. The second-order valence-corrected chi connectivity index (χ2v) is 7.23. The third kappa shape index (κ3) is 3.01. The highest BCUT2D eigenvalue weighted by molar-refractivity contribution is 6.05. The molecule has 138 valence electrons. The topological polar surface area (TPSA) is 67.9 Å². The molecule has 0 bridgehead atoms. The molecule has 0 radical (unpaired) electrons. The average molecular weight is 364 g/mol. The Morgan fingerprint density at radius 3 is 2.74 bits per heavy atom. The van der Waals surface area contributed by atoms with Crippen LogP contribution in [-0.4, -0.2) is 25.2 Å². The Morgan fingerprint density at radius 2 is 1.89 bits per heavy atom. The maximum absolute atomic E-state index is 12.6. The molecule has 0 spiro atoms. The number of ether oxygens (including phenoxy) is 2. The van der Waals surface area contributed by atoms with Gasteiger partial charge in [-0.05, 0) is 67.6 Å². The van der Waals surface area contributed by atoms with Gasteiger partial charge in [0, 0.05) is 29.4 Å². The minimum absolute atomic E-state index is 0.182. The zero-order valence-electron chi connectivity index (χ0n) is 14.9. The normalized spacial score (nSPS) is 17.4. The van der Waals surface area contributed by atoms with Crippen molar-refractivity contribution < 1.29 is 19.1 Å². The summed E-state index contributed by atoms with van der Waals surface area (Å²) in [6, 6.07) is 10.9. The lowest BCUT2D eigenvalue weighted by molar-refractivity contribution is -0.119. The number of rotatable bonds is 3. The summed E-state index contributed by atoms with van der Waals surface area (Å²) in [5.41, 5.74) is 3.35. The van der Waals surface area contributed by atoms with E-state index in [0.717, 1.165) is 49.2 Å².